The molecule has 0 radical (unpaired) electrons. The first kappa shape index (κ1) is 8.86. The van der Waals surface area contributed by atoms with Crippen molar-refractivity contribution < 1.29 is 18.7 Å². The summed E-state index contributed by atoms with van der Waals surface area (Å²) in [7, 11) is 0. The third kappa shape index (κ3) is 1.50. The molecular weight excluding hydrogens is 168 g/mol. The predicted octanol–water partition coefficient (Wildman–Crippen LogP) is 0.879. The first-order valence-electron chi connectivity index (χ1n) is 3.27. The summed E-state index contributed by atoms with van der Waals surface area (Å²) in [6.45, 7) is 0. The topological polar surface area (TPSA) is 63.3 Å². The van der Waals surface area contributed by atoms with Crippen molar-refractivity contribution >= 4 is 5.97 Å². The molecule has 0 amide bonds. The van der Waals surface area contributed by atoms with E-state index in [9.17, 15) is 13.6 Å². The molecule has 0 heterocycles. The molecule has 0 aromatic heterocycles. The van der Waals surface area contributed by atoms with E-state index in [0.29, 0.717) is 0 Å². The van der Waals surface area contributed by atoms with Crippen LogP contribution < -0.4 is 5.73 Å². The molecule has 0 aliphatic heterocycles. The van der Waals surface area contributed by atoms with E-state index in [1.54, 1.807) is 0 Å². The number of halogens is 2. The Balaban J connectivity index is 2.96. The van der Waals surface area contributed by atoms with Gasteiger partial charge in [0.15, 0.2) is 0 Å². The van der Waals surface area contributed by atoms with Gasteiger partial charge in [-0.2, -0.15) is 8.78 Å². The van der Waals surface area contributed by atoms with Crippen molar-refractivity contribution in [2.45, 2.75) is 12.5 Å². The van der Waals surface area contributed by atoms with Crippen LogP contribution in [0.4, 0.5) is 8.78 Å². The highest BCUT2D eigenvalue weighted by Crippen LogP contribution is 2.26. The fraction of sp³-hybridized carbons (Fsp3) is 0.286. The molecular formula is C7H7F2NO2. The van der Waals surface area contributed by atoms with E-state index < -0.39 is 18.1 Å². The van der Waals surface area contributed by atoms with Gasteiger partial charge in [0.05, 0.1) is 0 Å². The van der Waals surface area contributed by atoms with E-state index in [-0.39, 0.29) is 17.6 Å². The summed E-state index contributed by atoms with van der Waals surface area (Å²) in [6, 6.07) is -0.874. The monoisotopic (exact) mass is 175 g/mol. The Morgan fingerprint density at radius 2 is 2.25 bits per heavy atom. The smallest absolute Gasteiger partial charge is 0.331 e. The quantitative estimate of drug-likeness (QED) is 0.621. The fourth-order valence-electron chi connectivity index (χ4n) is 1.04. The average molecular weight is 175 g/mol. The third-order valence-electron chi connectivity index (χ3n) is 1.66. The summed E-state index contributed by atoms with van der Waals surface area (Å²) < 4.78 is 24.0. The zero-order valence-electron chi connectivity index (χ0n) is 6.05. The van der Waals surface area contributed by atoms with E-state index in [2.05, 4.69) is 0 Å². The second-order valence-corrected chi connectivity index (χ2v) is 2.50. The highest BCUT2D eigenvalue weighted by molar-refractivity contribution is 5.88. The molecule has 3 nitrogen and oxygen atoms in total. The summed E-state index contributed by atoms with van der Waals surface area (Å²) in [5.41, 5.74) is 4.82. The summed E-state index contributed by atoms with van der Waals surface area (Å²) in [6.07, 6.45) is -0.997. The lowest BCUT2D eigenvalue weighted by molar-refractivity contribution is -0.132. The highest BCUT2D eigenvalue weighted by atomic mass is 19.3. The van der Waals surface area contributed by atoms with Crippen molar-refractivity contribution in [1.82, 2.24) is 0 Å². The van der Waals surface area contributed by atoms with Crippen LogP contribution in [0, 0.1) is 0 Å². The molecule has 0 aromatic rings. The maximum absolute atomic E-state index is 12.0. The number of rotatable bonds is 1. The van der Waals surface area contributed by atoms with Crippen LogP contribution >= 0.6 is 0 Å². The van der Waals surface area contributed by atoms with Gasteiger partial charge in [-0.05, 0) is 12.5 Å². The molecule has 0 saturated heterocycles. The fourth-order valence-corrected chi connectivity index (χ4v) is 1.04. The number of aliphatic carboxylic acids is 1. The van der Waals surface area contributed by atoms with Crippen molar-refractivity contribution in [3.63, 3.8) is 0 Å². The second-order valence-electron chi connectivity index (χ2n) is 2.50. The molecule has 1 aliphatic rings. The van der Waals surface area contributed by atoms with Crippen LogP contribution in [-0.4, -0.2) is 17.1 Å². The van der Waals surface area contributed by atoms with Gasteiger partial charge in [0.1, 0.15) is 0 Å². The predicted molar refractivity (Wildman–Crippen MR) is 37.6 cm³/mol. The van der Waals surface area contributed by atoms with Crippen LogP contribution in [0.1, 0.15) is 6.42 Å². The summed E-state index contributed by atoms with van der Waals surface area (Å²) in [5.74, 6) is -1.19. The number of carbonyl (C=O) groups is 1. The van der Waals surface area contributed by atoms with Gasteiger partial charge < -0.3 is 10.8 Å². The van der Waals surface area contributed by atoms with Gasteiger partial charge in [0.25, 0.3) is 6.08 Å². The zero-order chi connectivity index (χ0) is 9.30. The molecule has 1 rings (SSSR count). The number of hydrogen-bond acceptors (Lipinski definition) is 2. The summed E-state index contributed by atoms with van der Waals surface area (Å²) >= 11 is 0. The molecule has 0 unspecified atom stereocenters. The SMILES string of the molecule is N[C@H]1CC(C(=O)O)=CC1=C(F)F. The number of carboxylic acids is 1. The number of carboxylic acid groups (broad SMARTS) is 1. The molecule has 0 fully saturated rings. The largest absolute Gasteiger partial charge is 0.478 e. The Bertz CT molecular complexity index is 279. The Hall–Kier alpha value is -1.23. The lowest BCUT2D eigenvalue weighted by atomic mass is 10.1. The van der Waals surface area contributed by atoms with E-state index in [1.165, 1.54) is 0 Å². The molecule has 12 heavy (non-hydrogen) atoms. The van der Waals surface area contributed by atoms with Crippen molar-refractivity contribution in [2.75, 3.05) is 0 Å². The van der Waals surface area contributed by atoms with Gasteiger partial charge in [-0.3, -0.25) is 0 Å². The van der Waals surface area contributed by atoms with Crippen LogP contribution in [0.2, 0.25) is 0 Å². The van der Waals surface area contributed by atoms with Gasteiger partial charge in [0.2, 0.25) is 0 Å². The van der Waals surface area contributed by atoms with Crippen LogP contribution in [0.15, 0.2) is 23.3 Å². The molecule has 0 aromatic carbocycles. The van der Waals surface area contributed by atoms with Crippen LogP contribution in [0.25, 0.3) is 0 Å². The Morgan fingerprint density at radius 3 is 2.50 bits per heavy atom. The van der Waals surface area contributed by atoms with Gasteiger partial charge in [-0.1, -0.05) is 0 Å². The molecule has 0 saturated carbocycles. The Kier molecular flexibility index (Phi) is 2.23. The van der Waals surface area contributed by atoms with E-state index in [0.717, 1.165) is 6.08 Å². The number of hydrogen-bond donors (Lipinski definition) is 2. The molecule has 5 heteroatoms. The standard InChI is InChI=1S/C7H7F2NO2/c8-6(9)4-1-3(7(11)12)2-5(4)10/h1,5H,2,10H2,(H,11,12)/t5-/m0/s1. The first-order valence-corrected chi connectivity index (χ1v) is 3.27. The maximum atomic E-state index is 12.0. The molecule has 66 valence electrons. The maximum Gasteiger partial charge on any atom is 0.331 e. The number of nitrogens with two attached hydrogens (primary N) is 1. The summed E-state index contributed by atoms with van der Waals surface area (Å²) in [5, 5.41) is 8.44. The third-order valence-corrected chi connectivity index (χ3v) is 1.66. The van der Waals surface area contributed by atoms with Gasteiger partial charge in [0, 0.05) is 17.2 Å². The van der Waals surface area contributed by atoms with Gasteiger partial charge >= 0.3 is 5.97 Å². The van der Waals surface area contributed by atoms with E-state index >= 15 is 0 Å². The van der Waals surface area contributed by atoms with Gasteiger partial charge in [-0.15, -0.1) is 0 Å². The molecule has 3 N–H and O–H groups in total. The normalized spacial score (nSPS) is 22.4. The van der Waals surface area contributed by atoms with Crippen LogP contribution in [0.3, 0.4) is 0 Å². The molecule has 0 bridgehead atoms. The highest BCUT2D eigenvalue weighted by Gasteiger charge is 2.25. The van der Waals surface area contributed by atoms with Crippen molar-refractivity contribution in [2.24, 2.45) is 5.73 Å². The van der Waals surface area contributed by atoms with Crippen molar-refractivity contribution in [1.29, 1.82) is 0 Å². The lowest BCUT2D eigenvalue weighted by Crippen LogP contribution is -2.19. The lowest BCUT2D eigenvalue weighted by Gasteiger charge is -2.01. The minimum Gasteiger partial charge on any atom is -0.478 e. The Labute approximate surface area is 67.2 Å². The van der Waals surface area contributed by atoms with Crippen LogP contribution in [0.5, 0.6) is 0 Å². The molecule has 0 spiro atoms. The average Bonchev–Trinajstić information content (AvgIpc) is 2.30. The van der Waals surface area contributed by atoms with Crippen molar-refractivity contribution in [3.8, 4) is 0 Å². The zero-order valence-corrected chi connectivity index (χ0v) is 6.05. The molecule has 1 aliphatic carbocycles. The van der Waals surface area contributed by atoms with E-state index in [4.69, 9.17) is 10.8 Å². The summed E-state index contributed by atoms with van der Waals surface area (Å²) in [4.78, 5) is 10.3. The van der Waals surface area contributed by atoms with Gasteiger partial charge in [-0.25, -0.2) is 4.79 Å². The minimum atomic E-state index is -1.90. The molecule has 1 atom stereocenters. The second kappa shape index (κ2) is 3.02. The first-order chi connectivity index (χ1) is 5.52. The van der Waals surface area contributed by atoms with Crippen molar-refractivity contribution in [3.05, 3.63) is 23.3 Å². The van der Waals surface area contributed by atoms with E-state index in [1.807, 2.05) is 0 Å². The minimum absolute atomic E-state index is 0.0258. The Morgan fingerprint density at radius 1 is 1.67 bits per heavy atom. The van der Waals surface area contributed by atoms with Crippen LogP contribution in [-0.2, 0) is 4.79 Å².